The summed E-state index contributed by atoms with van der Waals surface area (Å²) in [5.41, 5.74) is 8.41. The van der Waals surface area contributed by atoms with Crippen LogP contribution in [-0.4, -0.2) is 23.1 Å². The summed E-state index contributed by atoms with van der Waals surface area (Å²) in [6.07, 6.45) is 0. The molecule has 2 rings (SSSR count). The molecule has 0 radical (unpaired) electrons. The van der Waals surface area contributed by atoms with Gasteiger partial charge in [0.2, 0.25) is 0 Å². The average Bonchev–Trinajstić information content (AvgIpc) is 2.76. The van der Waals surface area contributed by atoms with Crippen LogP contribution in [0.1, 0.15) is 21.1 Å². The third kappa shape index (κ3) is 2.91. The maximum atomic E-state index is 8.86. The van der Waals surface area contributed by atoms with E-state index in [1.807, 2.05) is 43.1 Å². The van der Waals surface area contributed by atoms with E-state index in [2.05, 4.69) is 17.1 Å². The summed E-state index contributed by atoms with van der Waals surface area (Å²) in [6.45, 7) is 4.77. The number of benzene rings is 1. The van der Waals surface area contributed by atoms with Crippen molar-refractivity contribution >= 4 is 22.9 Å². The Morgan fingerprint density at radius 3 is 2.70 bits per heavy atom. The number of oxime groups is 1. The van der Waals surface area contributed by atoms with E-state index in [0.29, 0.717) is 12.1 Å². The van der Waals surface area contributed by atoms with Gasteiger partial charge in [0.15, 0.2) is 5.84 Å². The van der Waals surface area contributed by atoms with Crippen molar-refractivity contribution in [2.45, 2.75) is 20.4 Å². The summed E-state index contributed by atoms with van der Waals surface area (Å²) in [4.78, 5) is 7.82. The number of rotatable bonds is 4. The van der Waals surface area contributed by atoms with Crippen LogP contribution in [0.3, 0.4) is 0 Å². The van der Waals surface area contributed by atoms with Crippen LogP contribution in [0.4, 0.5) is 5.69 Å². The fraction of sp³-hybridized carbons (Fsp3) is 0.286. The average molecular weight is 290 g/mol. The number of thiazole rings is 1. The minimum absolute atomic E-state index is 0.110. The lowest BCUT2D eigenvalue weighted by atomic mass is 10.1. The van der Waals surface area contributed by atoms with E-state index in [4.69, 9.17) is 10.9 Å². The van der Waals surface area contributed by atoms with Gasteiger partial charge in [0.05, 0.1) is 12.2 Å². The molecule has 2 aromatic rings. The molecule has 3 N–H and O–H groups in total. The molecule has 1 heterocycles. The first kappa shape index (κ1) is 14.3. The minimum atomic E-state index is 0.110. The van der Waals surface area contributed by atoms with Crippen molar-refractivity contribution in [3.8, 4) is 0 Å². The zero-order chi connectivity index (χ0) is 14.7. The maximum Gasteiger partial charge on any atom is 0.172 e. The molecule has 0 spiro atoms. The predicted octanol–water partition coefficient (Wildman–Crippen LogP) is 2.49. The zero-order valence-corrected chi connectivity index (χ0v) is 12.6. The third-order valence-corrected chi connectivity index (χ3v) is 4.20. The van der Waals surface area contributed by atoms with E-state index in [1.165, 1.54) is 4.88 Å². The second kappa shape index (κ2) is 5.92. The molecule has 0 atom stereocenters. The second-order valence-corrected chi connectivity index (χ2v) is 5.90. The van der Waals surface area contributed by atoms with Gasteiger partial charge in [-0.15, -0.1) is 11.3 Å². The Balaban J connectivity index is 2.27. The van der Waals surface area contributed by atoms with Crippen molar-refractivity contribution in [3.05, 3.63) is 45.4 Å². The van der Waals surface area contributed by atoms with E-state index >= 15 is 0 Å². The van der Waals surface area contributed by atoms with Crippen LogP contribution in [0.25, 0.3) is 0 Å². The van der Waals surface area contributed by atoms with E-state index in [9.17, 15) is 0 Å². The number of nitrogens with zero attached hydrogens (tertiary/aromatic N) is 3. The fourth-order valence-electron chi connectivity index (χ4n) is 1.97. The molecule has 0 saturated heterocycles. The molecular weight excluding hydrogens is 272 g/mol. The molecule has 0 unspecified atom stereocenters. The standard InChI is InChI=1S/C14H18N4OS/c1-9-10(2)20-13(16-9)8-18(3)12-7-5-4-6-11(12)14(15)17-19/h4-7,19H,8H2,1-3H3,(H2,15,17). The number of nitrogens with two attached hydrogens (primary N) is 1. The first-order valence-electron chi connectivity index (χ1n) is 6.24. The number of amidine groups is 1. The molecule has 5 nitrogen and oxygen atoms in total. The smallest absolute Gasteiger partial charge is 0.172 e. The van der Waals surface area contributed by atoms with Crippen LogP contribution in [0.2, 0.25) is 0 Å². The van der Waals surface area contributed by atoms with Crippen LogP contribution >= 0.6 is 11.3 Å². The normalized spacial score (nSPS) is 11.7. The number of aromatic nitrogens is 1. The van der Waals surface area contributed by atoms with Gasteiger partial charge in [-0.1, -0.05) is 17.3 Å². The van der Waals surface area contributed by atoms with Crippen LogP contribution in [-0.2, 0) is 6.54 Å². The molecule has 0 fully saturated rings. The number of aryl methyl sites for hydroxylation is 2. The van der Waals surface area contributed by atoms with Gasteiger partial charge in [-0.25, -0.2) is 4.98 Å². The SMILES string of the molecule is Cc1nc(CN(C)c2ccccc2/C(N)=N/O)sc1C. The molecule has 0 aliphatic rings. The lowest BCUT2D eigenvalue weighted by molar-refractivity contribution is 0.318. The monoisotopic (exact) mass is 290 g/mol. The van der Waals surface area contributed by atoms with Gasteiger partial charge in [0.1, 0.15) is 5.01 Å². The first-order valence-corrected chi connectivity index (χ1v) is 7.05. The van der Waals surface area contributed by atoms with E-state index < -0.39 is 0 Å². The number of anilines is 1. The Bertz CT molecular complexity index is 616. The van der Waals surface area contributed by atoms with Crippen LogP contribution in [0.15, 0.2) is 29.4 Å². The highest BCUT2D eigenvalue weighted by molar-refractivity contribution is 7.11. The minimum Gasteiger partial charge on any atom is -0.409 e. The summed E-state index contributed by atoms with van der Waals surface area (Å²) < 4.78 is 0. The van der Waals surface area contributed by atoms with E-state index in [0.717, 1.165) is 16.4 Å². The number of hydrogen-bond acceptors (Lipinski definition) is 5. The second-order valence-electron chi connectivity index (χ2n) is 4.61. The van der Waals surface area contributed by atoms with Crippen LogP contribution in [0.5, 0.6) is 0 Å². The van der Waals surface area contributed by atoms with Crippen molar-refractivity contribution in [2.24, 2.45) is 10.9 Å². The van der Waals surface area contributed by atoms with Crippen molar-refractivity contribution in [1.29, 1.82) is 0 Å². The van der Waals surface area contributed by atoms with Gasteiger partial charge in [-0.3, -0.25) is 0 Å². The van der Waals surface area contributed by atoms with Crippen molar-refractivity contribution in [1.82, 2.24) is 4.98 Å². The lowest BCUT2D eigenvalue weighted by Crippen LogP contribution is -2.22. The Morgan fingerprint density at radius 2 is 2.10 bits per heavy atom. The van der Waals surface area contributed by atoms with Crippen LogP contribution < -0.4 is 10.6 Å². The fourth-order valence-corrected chi connectivity index (χ4v) is 2.96. The Labute approximate surface area is 122 Å². The van der Waals surface area contributed by atoms with E-state index in [-0.39, 0.29) is 5.84 Å². The summed E-state index contributed by atoms with van der Waals surface area (Å²) in [6, 6.07) is 7.57. The highest BCUT2D eigenvalue weighted by atomic mass is 32.1. The lowest BCUT2D eigenvalue weighted by Gasteiger charge is -2.20. The summed E-state index contributed by atoms with van der Waals surface area (Å²) in [5, 5.41) is 13.0. The van der Waals surface area contributed by atoms with Gasteiger partial charge in [0.25, 0.3) is 0 Å². The quantitative estimate of drug-likeness (QED) is 0.392. The van der Waals surface area contributed by atoms with Crippen LogP contribution in [0, 0.1) is 13.8 Å². The highest BCUT2D eigenvalue weighted by Gasteiger charge is 2.12. The molecule has 20 heavy (non-hydrogen) atoms. The van der Waals surface area contributed by atoms with Gasteiger partial charge in [-0.05, 0) is 26.0 Å². The number of para-hydroxylation sites is 1. The third-order valence-electron chi connectivity index (χ3n) is 3.14. The molecule has 1 aromatic carbocycles. The molecule has 0 aliphatic carbocycles. The molecule has 0 aliphatic heterocycles. The molecular formula is C14H18N4OS. The van der Waals surface area contributed by atoms with Gasteiger partial charge in [0, 0.05) is 23.2 Å². The predicted molar refractivity (Wildman–Crippen MR) is 82.6 cm³/mol. The maximum absolute atomic E-state index is 8.86. The summed E-state index contributed by atoms with van der Waals surface area (Å²) in [7, 11) is 1.97. The summed E-state index contributed by atoms with van der Waals surface area (Å²) in [5.74, 6) is 0.110. The topological polar surface area (TPSA) is 74.7 Å². The number of hydrogen-bond donors (Lipinski definition) is 2. The molecule has 106 valence electrons. The largest absolute Gasteiger partial charge is 0.409 e. The molecule has 0 amide bonds. The Hall–Kier alpha value is -2.08. The van der Waals surface area contributed by atoms with Crippen molar-refractivity contribution in [3.63, 3.8) is 0 Å². The highest BCUT2D eigenvalue weighted by Crippen LogP contribution is 2.23. The Kier molecular flexibility index (Phi) is 4.24. The summed E-state index contributed by atoms with van der Waals surface area (Å²) >= 11 is 1.69. The van der Waals surface area contributed by atoms with E-state index in [1.54, 1.807) is 11.3 Å². The van der Waals surface area contributed by atoms with Gasteiger partial charge < -0.3 is 15.8 Å². The van der Waals surface area contributed by atoms with Gasteiger partial charge >= 0.3 is 0 Å². The van der Waals surface area contributed by atoms with Crippen molar-refractivity contribution in [2.75, 3.05) is 11.9 Å². The molecule has 1 aromatic heterocycles. The Morgan fingerprint density at radius 1 is 1.40 bits per heavy atom. The first-order chi connectivity index (χ1) is 9.52. The van der Waals surface area contributed by atoms with Gasteiger partial charge in [-0.2, -0.15) is 0 Å². The molecule has 0 bridgehead atoms. The van der Waals surface area contributed by atoms with Crippen molar-refractivity contribution < 1.29 is 5.21 Å². The molecule has 0 saturated carbocycles. The molecule has 6 heteroatoms. The zero-order valence-electron chi connectivity index (χ0n) is 11.8.